The van der Waals surface area contributed by atoms with Gasteiger partial charge in [0, 0.05) is 10.6 Å². The molecule has 0 fully saturated rings. The summed E-state index contributed by atoms with van der Waals surface area (Å²) in [4.78, 5) is 25.1. The first-order valence-corrected chi connectivity index (χ1v) is 11.6. The average Bonchev–Trinajstić information content (AvgIpc) is 2.76. The highest BCUT2D eigenvalue weighted by Crippen LogP contribution is 2.33. The summed E-state index contributed by atoms with van der Waals surface area (Å²) in [5.74, 6) is 0.358. The summed E-state index contributed by atoms with van der Waals surface area (Å²) in [7, 11) is 1.57. The lowest BCUT2D eigenvalue weighted by atomic mass is 10.0. The first-order valence-electron chi connectivity index (χ1n) is 10.2. The lowest BCUT2D eigenvalue weighted by molar-refractivity contribution is -0.123. The van der Waals surface area contributed by atoms with Crippen molar-refractivity contribution in [1.82, 2.24) is 10.7 Å². The quantitative estimate of drug-likeness (QED) is 0.247. The van der Waals surface area contributed by atoms with Crippen LogP contribution in [0.3, 0.4) is 0 Å². The van der Waals surface area contributed by atoms with Crippen LogP contribution in [0.5, 0.6) is 11.5 Å². The maximum Gasteiger partial charge on any atom is 0.262 e. The summed E-state index contributed by atoms with van der Waals surface area (Å²) in [5.41, 5.74) is 3.66. The fraction of sp³-hybridized carbons (Fsp3) is 0.348. The maximum absolute atomic E-state index is 12.7. The fourth-order valence-corrected chi connectivity index (χ4v) is 3.67. The number of amides is 2. The van der Waals surface area contributed by atoms with Crippen LogP contribution in [0.2, 0.25) is 5.02 Å². The maximum atomic E-state index is 12.7. The number of hydrogen-bond acceptors (Lipinski definition) is 5. The Morgan fingerprint density at radius 3 is 2.50 bits per heavy atom. The van der Waals surface area contributed by atoms with Crippen LogP contribution in [0, 0.1) is 9.49 Å². The molecule has 0 heterocycles. The van der Waals surface area contributed by atoms with Crippen molar-refractivity contribution in [2.24, 2.45) is 11.0 Å². The normalized spacial score (nSPS) is 12.0. The third-order valence-electron chi connectivity index (χ3n) is 4.43. The van der Waals surface area contributed by atoms with E-state index in [1.807, 2.05) is 26.8 Å². The van der Waals surface area contributed by atoms with Gasteiger partial charge in [0.05, 0.1) is 23.5 Å². The number of carbonyl (C=O) groups is 2. The van der Waals surface area contributed by atoms with Gasteiger partial charge < -0.3 is 14.8 Å². The Hall–Kier alpha value is -2.33. The van der Waals surface area contributed by atoms with Crippen molar-refractivity contribution in [1.29, 1.82) is 0 Å². The molecule has 0 aliphatic rings. The summed E-state index contributed by atoms with van der Waals surface area (Å²) in [6, 6.07) is 9.37. The minimum Gasteiger partial charge on any atom is -0.493 e. The predicted molar refractivity (Wildman–Crippen MR) is 135 cm³/mol. The third-order valence-corrected chi connectivity index (χ3v) is 5.49. The largest absolute Gasteiger partial charge is 0.493 e. The molecule has 2 rings (SSSR count). The molecule has 7 nitrogen and oxygen atoms in total. The van der Waals surface area contributed by atoms with Crippen molar-refractivity contribution >= 4 is 52.2 Å². The van der Waals surface area contributed by atoms with Gasteiger partial charge in [0.15, 0.2) is 11.5 Å². The van der Waals surface area contributed by atoms with Gasteiger partial charge in [-0.1, -0.05) is 32.4 Å². The SMILES string of the molecule is CCCOc1c(I)cc(C=NNC(=O)C(NC(=O)c2ccc(Cl)cc2)C(C)C)cc1OC. The van der Waals surface area contributed by atoms with Gasteiger partial charge in [-0.3, -0.25) is 9.59 Å². The molecule has 32 heavy (non-hydrogen) atoms. The van der Waals surface area contributed by atoms with Crippen molar-refractivity contribution in [3.63, 3.8) is 0 Å². The van der Waals surface area contributed by atoms with Crippen LogP contribution in [0.25, 0.3) is 0 Å². The van der Waals surface area contributed by atoms with E-state index in [0.717, 1.165) is 15.6 Å². The van der Waals surface area contributed by atoms with E-state index in [-0.39, 0.29) is 11.8 Å². The number of methoxy groups -OCH3 is 1. The third kappa shape index (κ3) is 7.37. The van der Waals surface area contributed by atoms with Crippen LogP contribution >= 0.6 is 34.2 Å². The van der Waals surface area contributed by atoms with E-state index in [9.17, 15) is 9.59 Å². The molecule has 0 radical (unpaired) electrons. The molecule has 0 saturated carbocycles. The number of hydrazone groups is 1. The summed E-state index contributed by atoms with van der Waals surface area (Å²) in [6.45, 7) is 6.32. The lowest BCUT2D eigenvalue weighted by Gasteiger charge is -2.20. The molecular formula is C23H27ClIN3O4. The number of nitrogens with zero attached hydrogens (tertiary/aromatic N) is 1. The summed E-state index contributed by atoms with van der Waals surface area (Å²) in [5, 5.41) is 7.33. The summed E-state index contributed by atoms with van der Waals surface area (Å²) < 4.78 is 12.0. The van der Waals surface area contributed by atoms with E-state index in [4.69, 9.17) is 21.1 Å². The zero-order valence-corrected chi connectivity index (χ0v) is 21.4. The number of nitrogens with one attached hydrogen (secondary N) is 2. The van der Waals surface area contributed by atoms with E-state index >= 15 is 0 Å². The van der Waals surface area contributed by atoms with Gasteiger partial charge in [0.1, 0.15) is 6.04 Å². The molecule has 2 aromatic rings. The molecule has 2 aromatic carbocycles. The van der Waals surface area contributed by atoms with Crippen LogP contribution < -0.4 is 20.2 Å². The van der Waals surface area contributed by atoms with Crippen molar-refractivity contribution in [3.8, 4) is 11.5 Å². The van der Waals surface area contributed by atoms with Gasteiger partial charge in [-0.25, -0.2) is 5.43 Å². The Morgan fingerprint density at radius 2 is 1.91 bits per heavy atom. The van der Waals surface area contributed by atoms with Gasteiger partial charge in [-0.15, -0.1) is 0 Å². The van der Waals surface area contributed by atoms with E-state index in [1.165, 1.54) is 6.21 Å². The minimum atomic E-state index is -0.755. The number of benzene rings is 2. The van der Waals surface area contributed by atoms with Gasteiger partial charge >= 0.3 is 0 Å². The molecule has 9 heteroatoms. The van der Waals surface area contributed by atoms with Crippen LogP contribution in [0.4, 0.5) is 0 Å². The molecule has 1 atom stereocenters. The highest BCUT2D eigenvalue weighted by molar-refractivity contribution is 14.1. The fourth-order valence-electron chi connectivity index (χ4n) is 2.76. The monoisotopic (exact) mass is 571 g/mol. The van der Waals surface area contributed by atoms with Crippen LogP contribution in [0.1, 0.15) is 43.1 Å². The lowest BCUT2D eigenvalue weighted by Crippen LogP contribution is -2.48. The molecule has 0 aromatic heterocycles. The number of ether oxygens (including phenoxy) is 2. The second-order valence-electron chi connectivity index (χ2n) is 7.32. The second-order valence-corrected chi connectivity index (χ2v) is 8.92. The molecule has 0 saturated heterocycles. The molecular weight excluding hydrogens is 545 g/mol. The first kappa shape index (κ1) is 25.9. The Balaban J connectivity index is 2.07. The van der Waals surface area contributed by atoms with Crippen molar-refractivity contribution < 1.29 is 19.1 Å². The smallest absolute Gasteiger partial charge is 0.262 e. The van der Waals surface area contributed by atoms with Gasteiger partial charge in [0.2, 0.25) is 0 Å². The van der Waals surface area contributed by atoms with Crippen molar-refractivity contribution in [2.45, 2.75) is 33.2 Å². The van der Waals surface area contributed by atoms with Gasteiger partial charge in [0.25, 0.3) is 11.8 Å². The van der Waals surface area contributed by atoms with Crippen molar-refractivity contribution in [3.05, 3.63) is 56.1 Å². The van der Waals surface area contributed by atoms with Crippen LogP contribution in [-0.4, -0.2) is 37.8 Å². The van der Waals surface area contributed by atoms with Gasteiger partial charge in [-0.05, 0) is 76.9 Å². The summed E-state index contributed by atoms with van der Waals surface area (Å²) >= 11 is 8.03. The Morgan fingerprint density at radius 1 is 1.22 bits per heavy atom. The van der Waals surface area contributed by atoms with E-state index in [2.05, 4.69) is 38.4 Å². The van der Waals surface area contributed by atoms with Crippen LogP contribution in [-0.2, 0) is 4.79 Å². The summed E-state index contributed by atoms with van der Waals surface area (Å²) in [6.07, 6.45) is 2.41. The number of rotatable bonds is 10. The van der Waals surface area contributed by atoms with E-state index < -0.39 is 11.9 Å². The molecule has 0 aliphatic carbocycles. The number of carbonyl (C=O) groups excluding carboxylic acids is 2. The topological polar surface area (TPSA) is 89.0 Å². The van der Waals surface area contributed by atoms with Gasteiger partial charge in [-0.2, -0.15) is 5.10 Å². The molecule has 2 amide bonds. The highest BCUT2D eigenvalue weighted by atomic mass is 127. The Labute approximate surface area is 207 Å². The standard InChI is InChI=1S/C23H27ClIN3O4/c1-5-10-32-21-18(25)11-15(12-19(21)31-4)13-26-28-23(30)20(14(2)3)27-22(29)16-6-8-17(24)9-7-16/h6-9,11-14,20H,5,10H2,1-4H3,(H,27,29)(H,28,30). The first-order chi connectivity index (χ1) is 15.3. The van der Waals surface area contributed by atoms with Crippen molar-refractivity contribution in [2.75, 3.05) is 13.7 Å². The minimum absolute atomic E-state index is 0.141. The zero-order valence-electron chi connectivity index (χ0n) is 18.4. The molecule has 0 bridgehead atoms. The zero-order chi connectivity index (χ0) is 23.7. The Kier molecular flexibility index (Phi) is 10.2. The predicted octanol–water partition coefficient (Wildman–Crippen LogP) is 4.65. The van der Waals surface area contributed by atoms with E-state index in [0.29, 0.717) is 28.7 Å². The average molecular weight is 572 g/mol. The Bertz CT molecular complexity index is 964. The molecule has 172 valence electrons. The van der Waals surface area contributed by atoms with E-state index in [1.54, 1.807) is 37.4 Å². The molecule has 0 spiro atoms. The molecule has 1 unspecified atom stereocenters. The number of hydrogen-bond donors (Lipinski definition) is 2. The number of halogens is 2. The molecule has 0 aliphatic heterocycles. The second kappa shape index (κ2) is 12.6. The van der Waals surface area contributed by atoms with Crippen LogP contribution in [0.15, 0.2) is 41.5 Å². The molecule has 2 N–H and O–H groups in total. The highest BCUT2D eigenvalue weighted by Gasteiger charge is 2.24.